The maximum absolute atomic E-state index is 13.3. The smallest absolute Gasteiger partial charge is 0.127 e. The lowest BCUT2D eigenvalue weighted by Crippen LogP contribution is -2.54. The Morgan fingerprint density at radius 1 is 1.06 bits per heavy atom. The monoisotopic (exact) mass is 247 g/mol. The number of rotatable bonds is 6. The molecular formula is C11H15F2NO3. The molecule has 4 nitrogen and oxygen atoms in total. The summed E-state index contributed by atoms with van der Waals surface area (Å²) in [5.41, 5.74) is -1.25. The molecule has 6 heteroatoms. The first kappa shape index (κ1) is 14.0. The maximum Gasteiger partial charge on any atom is 0.127 e. The van der Waals surface area contributed by atoms with Crippen molar-refractivity contribution in [1.82, 2.24) is 5.32 Å². The second-order valence-corrected chi connectivity index (χ2v) is 3.84. The van der Waals surface area contributed by atoms with Crippen molar-refractivity contribution in [2.45, 2.75) is 12.1 Å². The van der Waals surface area contributed by atoms with Crippen LogP contribution in [0.3, 0.4) is 0 Å². The van der Waals surface area contributed by atoms with Gasteiger partial charge in [-0.25, -0.2) is 8.78 Å². The van der Waals surface area contributed by atoms with Gasteiger partial charge in [-0.05, 0) is 18.2 Å². The van der Waals surface area contributed by atoms with Crippen LogP contribution in [-0.2, 0) is 6.54 Å². The molecule has 0 bridgehead atoms. The number of nitrogens with one attached hydrogen (secondary N) is 1. The zero-order valence-corrected chi connectivity index (χ0v) is 9.16. The molecule has 96 valence electrons. The molecule has 1 aromatic rings. The van der Waals surface area contributed by atoms with Crippen molar-refractivity contribution < 1.29 is 24.1 Å². The Morgan fingerprint density at radius 2 is 1.65 bits per heavy atom. The largest absolute Gasteiger partial charge is 0.394 e. The van der Waals surface area contributed by atoms with E-state index in [1.807, 2.05) is 0 Å². The molecule has 0 unspecified atom stereocenters. The molecule has 0 aliphatic rings. The SMILES string of the molecule is OCC(CO)(CO)NCc1cc(F)ccc1F. The van der Waals surface area contributed by atoms with Gasteiger partial charge in [0.1, 0.15) is 11.6 Å². The fourth-order valence-corrected chi connectivity index (χ4v) is 1.28. The number of benzene rings is 1. The number of hydrogen-bond acceptors (Lipinski definition) is 4. The normalized spacial score (nSPS) is 11.8. The van der Waals surface area contributed by atoms with Gasteiger partial charge in [-0.1, -0.05) is 0 Å². The van der Waals surface area contributed by atoms with Crippen molar-refractivity contribution >= 4 is 0 Å². The Balaban J connectivity index is 2.75. The Labute approximate surface area is 97.5 Å². The van der Waals surface area contributed by atoms with Gasteiger partial charge in [0.15, 0.2) is 0 Å². The van der Waals surface area contributed by atoms with Crippen LogP contribution in [0.5, 0.6) is 0 Å². The van der Waals surface area contributed by atoms with E-state index in [1.165, 1.54) is 0 Å². The van der Waals surface area contributed by atoms with Gasteiger partial charge in [0.2, 0.25) is 0 Å². The van der Waals surface area contributed by atoms with E-state index in [0.29, 0.717) is 0 Å². The maximum atomic E-state index is 13.3. The van der Waals surface area contributed by atoms with Gasteiger partial charge in [-0.15, -0.1) is 0 Å². The highest BCUT2D eigenvalue weighted by molar-refractivity contribution is 5.18. The highest BCUT2D eigenvalue weighted by atomic mass is 19.1. The van der Waals surface area contributed by atoms with Crippen LogP contribution in [0.4, 0.5) is 8.78 Å². The van der Waals surface area contributed by atoms with E-state index < -0.39 is 37.0 Å². The van der Waals surface area contributed by atoms with Gasteiger partial charge < -0.3 is 20.6 Å². The van der Waals surface area contributed by atoms with Crippen molar-refractivity contribution in [2.24, 2.45) is 0 Å². The molecule has 0 radical (unpaired) electrons. The fourth-order valence-electron chi connectivity index (χ4n) is 1.28. The molecule has 0 heterocycles. The van der Waals surface area contributed by atoms with Gasteiger partial charge in [0, 0.05) is 12.1 Å². The van der Waals surface area contributed by atoms with E-state index in [1.54, 1.807) is 0 Å². The minimum atomic E-state index is -1.31. The molecule has 0 amide bonds. The highest BCUT2D eigenvalue weighted by Crippen LogP contribution is 2.11. The minimum absolute atomic E-state index is 0.0599. The van der Waals surface area contributed by atoms with E-state index in [0.717, 1.165) is 18.2 Å². The third-order valence-corrected chi connectivity index (χ3v) is 2.57. The quantitative estimate of drug-likeness (QED) is 0.560. The lowest BCUT2D eigenvalue weighted by molar-refractivity contribution is 0.0411. The predicted molar refractivity (Wildman–Crippen MR) is 57.2 cm³/mol. The van der Waals surface area contributed by atoms with Crippen LogP contribution in [0.25, 0.3) is 0 Å². The molecule has 0 saturated carbocycles. The Kier molecular flexibility index (Phi) is 4.95. The summed E-state index contributed by atoms with van der Waals surface area (Å²) in [7, 11) is 0. The summed E-state index contributed by atoms with van der Waals surface area (Å²) < 4.78 is 26.1. The van der Waals surface area contributed by atoms with Crippen molar-refractivity contribution in [3.63, 3.8) is 0 Å². The fraction of sp³-hybridized carbons (Fsp3) is 0.455. The van der Waals surface area contributed by atoms with Gasteiger partial charge in [-0.2, -0.15) is 0 Å². The summed E-state index contributed by atoms with van der Waals surface area (Å²) in [6.07, 6.45) is 0. The van der Waals surface area contributed by atoms with Crippen molar-refractivity contribution in [2.75, 3.05) is 19.8 Å². The lowest BCUT2D eigenvalue weighted by Gasteiger charge is -2.28. The zero-order valence-electron chi connectivity index (χ0n) is 9.16. The second kappa shape index (κ2) is 6.02. The molecule has 4 N–H and O–H groups in total. The number of halogens is 2. The highest BCUT2D eigenvalue weighted by Gasteiger charge is 2.27. The van der Waals surface area contributed by atoms with Gasteiger partial charge >= 0.3 is 0 Å². The Morgan fingerprint density at radius 3 is 2.18 bits per heavy atom. The summed E-state index contributed by atoms with van der Waals surface area (Å²) in [5.74, 6) is -1.17. The first-order chi connectivity index (χ1) is 8.06. The van der Waals surface area contributed by atoms with Gasteiger partial charge in [0.25, 0.3) is 0 Å². The summed E-state index contributed by atoms with van der Waals surface area (Å²) in [4.78, 5) is 0. The molecule has 0 aliphatic carbocycles. The number of aliphatic hydroxyl groups is 3. The van der Waals surface area contributed by atoms with Crippen molar-refractivity contribution in [3.05, 3.63) is 35.4 Å². The summed E-state index contributed by atoms with van der Waals surface area (Å²) in [6.45, 7) is -1.66. The van der Waals surface area contributed by atoms with E-state index in [9.17, 15) is 8.78 Å². The predicted octanol–water partition coefficient (Wildman–Crippen LogP) is -0.230. The molecule has 0 aliphatic heterocycles. The van der Waals surface area contributed by atoms with Gasteiger partial charge in [0.05, 0.1) is 25.4 Å². The number of aliphatic hydroxyl groups excluding tert-OH is 3. The summed E-state index contributed by atoms with van der Waals surface area (Å²) in [6, 6.07) is 3.00. The van der Waals surface area contributed by atoms with Crippen LogP contribution < -0.4 is 5.32 Å². The van der Waals surface area contributed by atoms with Crippen molar-refractivity contribution in [1.29, 1.82) is 0 Å². The molecule has 0 saturated heterocycles. The molecule has 0 aromatic heterocycles. The second-order valence-electron chi connectivity index (χ2n) is 3.84. The molecule has 0 spiro atoms. The van der Waals surface area contributed by atoms with Gasteiger partial charge in [-0.3, -0.25) is 0 Å². The van der Waals surface area contributed by atoms with Crippen LogP contribution in [0.2, 0.25) is 0 Å². The minimum Gasteiger partial charge on any atom is -0.394 e. The van der Waals surface area contributed by atoms with Crippen molar-refractivity contribution in [3.8, 4) is 0 Å². The standard InChI is InChI=1S/C11H15F2NO3/c12-9-1-2-10(13)8(3-9)4-14-11(5-15,6-16)7-17/h1-3,14-17H,4-7H2. The lowest BCUT2D eigenvalue weighted by atomic mass is 10.0. The first-order valence-corrected chi connectivity index (χ1v) is 5.08. The van der Waals surface area contributed by atoms with Crippen LogP contribution in [-0.4, -0.2) is 40.7 Å². The number of hydrogen-bond donors (Lipinski definition) is 4. The average molecular weight is 247 g/mol. The molecule has 1 rings (SSSR count). The van der Waals surface area contributed by atoms with E-state index in [4.69, 9.17) is 15.3 Å². The summed E-state index contributed by atoms with van der Waals surface area (Å²) in [5, 5.41) is 29.7. The Hall–Kier alpha value is -1.08. The molecule has 1 aromatic carbocycles. The molecule has 0 atom stereocenters. The summed E-state index contributed by atoms with van der Waals surface area (Å²) >= 11 is 0. The van der Waals surface area contributed by atoms with E-state index >= 15 is 0 Å². The first-order valence-electron chi connectivity index (χ1n) is 5.08. The third-order valence-electron chi connectivity index (χ3n) is 2.57. The average Bonchev–Trinajstić information content (AvgIpc) is 2.35. The molecular weight excluding hydrogens is 232 g/mol. The van der Waals surface area contributed by atoms with Crippen LogP contribution in [0.15, 0.2) is 18.2 Å². The molecule has 0 fully saturated rings. The van der Waals surface area contributed by atoms with Crippen LogP contribution in [0.1, 0.15) is 5.56 Å². The third kappa shape index (κ3) is 3.44. The van der Waals surface area contributed by atoms with Crippen LogP contribution >= 0.6 is 0 Å². The topological polar surface area (TPSA) is 72.7 Å². The molecule has 17 heavy (non-hydrogen) atoms. The van der Waals surface area contributed by atoms with E-state index in [2.05, 4.69) is 5.32 Å². The van der Waals surface area contributed by atoms with E-state index in [-0.39, 0.29) is 12.1 Å². The Bertz CT molecular complexity index is 361. The zero-order chi connectivity index (χ0) is 12.9. The van der Waals surface area contributed by atoms with Crippen LogP contribution in [0, 0.1) is 11.6 Å².